The summed E-state index contributed by atoms with van der Waals surface area (Å²) in [7, 11) is 0. The number of nitrogens with one attached hydrogen (secondary N) is 2. The number of nitrogens with two attached hydrogens (primary N) is 1. The van der Waals surface area contributed by atoms with Crippen LogP contribution in [0.25, 0.3) is 0 Å². The molecule has 1 amide bonds. The molecule has 0 saturated heterocycles. The van der Waals surface area contributed by atoms with Gasteiger partial charge in [0.1, 0.15) is 12.3 Å². The van der Waals surface area contributed by atoms with Crippen molar-refractivity contribution >= 4 is 30.8 Å². The zero-order valence-corrected chi connectivity index (χ0v) is 11.7. The third-order valence-corrected chi connectivity index (χ3v) is 2.91. The minimum absolute atomic E-state index is 0.0283. The summed E-state index contributed by atoms with van der Waals surface area (Å²) in [5.74, 6) is -1.63. The van der Waals surface area contributed by atoms with Crippen LogP contribution in [0.4, 0.5) is 0 Å². The zero-order chi connectivity index (χ0) is 14.8. The Morgan fingerprint density at radius 1 is 1.47 bits per heavy atom. The molecular formula is C11H21N3O4S. The van der Waals surface area contributed by atoms with E-state index in [9.17, 15) is 14.4 Å². The fourth-order valence-corrected chi connectivity index (χ4v) is 1.74. The van der Waals surface area contributed by atoms with Gasteiger partial charge < -0.3 is 26.3 Å². The third kappa shape index (κ3) is 7.14. The first kappa shape index (κ1) is 17.9. The van der Waals surface area contributed by atoms with Crippen molar-refractivity contribution in [1.29, 1.82) is 0 Å². The molecule has 8 heteroatoms. The molecule has 0 aromatic rings. The maximum atomic E-state index is 11.6. The van der Waals surface area contributed by atoms with E-state index >= 15 is 0 Å². The molecule has 0 rings (SSSR count). The van der Waals surface area contributed by atoms with E-state index in [1.807, 2.05) is 0 Å². The van der Waals surface area contributed by atoms with Gasteiger partial charge in [-0.15, -0.1) is 0 Å². The van der Waals surface area contributed by atoms with Crippen molar-refractivity contribution in [3.05, 3.63) is 0 Å². The number of rotatable bonds is 10. The molecule has 0 heterocycles. The Morgan fingerprint density at radius 3 is 2.53 bits per heavy atom. The molecule has 0 aromatic heterocycles. The molecule has 0 aliphatic heterocycles. The largest absolute Gasteiger partial charge is 0.480 e. The number of carbonyl (C=O) groups excluding carboxylic acids is 2. The third-order valence-electron chi connectivity index (χ3n) is 2.54. The maximum Gasteiger partial charge on any atom is 0.320 e. The molecule has 0 saturated carbocycles. The number of amides is 1. The Bertz CT molecular complexity index is 314. The molecular weight excluding hydrogens is 270 g/mol. The van der Waals surface area contributed by atoms with Crippen molar-refractivity contribution in [3.63, 3.8) is 0 Å². The summed E-state index contributed by atoms with van der Waals surface area (Å²) >= 11 is 4.05. The fourth-order valence-electron chi connectivity index (χ4n) is 1.45. The van der Waals surface area contributed by atoms with Gasteiger partial charge in [0.15, 0.2) is 0 Å². The van der Waals surface area contributed by atoms with E-state index in [0.29, 0.717) is 12.8 Å². The molecule has 7 nitrogen and oxygen atoms in total. The average Bonchev–Trinajstić information content (AvgIpc) is 2.37. The van der Waals surface area contributed by atoms with Crippen LogP contribution in [-0.2, 0) is 14.4 Å². The average molecular weight is 291 g/mol. The van der Waals surface area contributed by atoms with Gasteiger partial charge in [0.2, 0.25) is 5.91 Å². The molecule has 19 heavy (non-hydrogen) atoms. The van der Waals surface area contributed by atoms with Crippen LogP contribution in [0, 0.1) is 5.92 Å². The molecule has 3 unspecified atom stereocenters. The number of carboxylic acid groups (broad SMARTS) is 1. The first-order valence-electron chi connectivity index (χ1n) is 6.01. The van der Waals surface area contributed by atoms with E-state index in [0.717, 1.165) is 0 Å². The van der Waals surface area contributed by atoms with E-state index in [-0.39, 0.29) is 24.6 Å². The van der Waals surface area contributed by atoms with Crippen molar-refractivity contribution in [1.82, 2.24) is 10.6 Å². The van der Waals surface area contributed by atoms with E-state index in [1.165, 1.54) is 0 Å². The van der Waals surface area contributed by atoms with Crippen molar-refractivity contribution in [2.45, 2.75) is 25.4 Å². The number of aliphatic carboxylic acids is 1. The molecule has 0 aromatic carbocycles. The molecule has 0 radical (unpaired) electrons. The lowest BCUT2D eigenvalue weighted by Crippen LogP contribution is -2.47. The van der Waals surface area contributed by atoms with Gasteiger partial charge >= 0.3 is 5.97 Å². The summed E-state index contributed by atoms with van der Waals surface area (Å²) in [6.45, 7) is 2.49. The minimum Gasteiger partial charge on any atom is -0.480 e. The highest BCUT2D eigenvalue weighted by Crippen LogP contribution is 2.03. The number of aldehydes is 1. The highest BCUT2D eigenvalue weighted by atomic mass is 32.1. The molecule has 0 fully saturated rings. The summed E-state index contributed by atoms with van der Waals surface area (Å²) < 4.78 is 0. The quantitative estimate of drug-likeness (QED) is 0.250. The molecule has 0 spiro atoms. The van der Waals surface area contributed by atoms with Gasteiger partial charge in [-0.25, -0.2) is 0 Å². The SMILES string of the molecule is CCNC(=O)C(CS)NCC(C=O)CC(N)C(=O)O. The van der Waals surface area contributed by atoms with Crippen molar-refractivity contribution < 1.29 is 19.5 Å². The van der Waals surface area contributed by atoms with Gasteiger partial charge in [-0.3, -0.25) is 9.59 Å². The first-order valence-corrected chi connectivity index (χ1v) is 6.65. The predicted molar refractivity (Wildman–Crippen MR) is 74.1 cm³/mol. The topological polar surface area (TPSA) is 122 Å². The van der Waals surface area contributed by atoms with Crippen LogP contribution in [-0.4, -0.2) is 54.2 Å². The second kappa shape index (κ2) is 9.76. The number of carboxylic acids is 1. The fraction of sp³-hybridized carbons (Fsp3) is 0.727. The lowest BCUT2D eigenvalue weighted by atomic mass is 10.0. The van der Waals surface area contributed by atoms with Gasteiger partial charge in [0.05, 0.1) is 6.04 Å². The number of carbonyl (C=O) groups is 3. The number of likely N-dealkylation sites (N-methyl/N-ethyl adjacent to an activating group) is 1. The van der Waals surface area contributed by atoms with E-state index in [1.54, 1.807) is 6.92 Å². The van der Waals surface area contributed by atoms with Crippen LogP contribution in [0.2, 0.25) is 0 Å². The van der Waals surface area contributed by atoms with Gasteiger partial charge in [0.25, 0.3) is 0 Å². The van der Waals surface area contributed by atoms with E-state index < -0.39 is 24.0 Å². The normalized spacial score (nSPS) is 15.3. The van der Waals surface area contributed by atoms with E-state index in [4.69, 9.17) is 10.8 Å². The maximum absolute atomic E-state index is 11.6. The monoisotopic (exact) mass is 291 g/mol. The summed E-state index contributed by atoms with van der Waals surface area (Å²) in [4.78, 5) is 33.0. The lowest BCUT2D eigenvalue weighted by molar-refractivity contribution is -0.139. The van der Waals surface area contributed by atoms with Crippen molar-refractivity contribution in [2.24, 2.45) is 11.7 Å². The molecule has 0 bridgehead atoms. The van der Waals surface area contributed by atoms with Crippen LogP contribution < -0.4 is 16.4 Å². The highest BCUT2D eigenvalue weighted by Gasteiger charge is 2.21. The Balaban J connectivity index is 4.27. The Labute approximate surface area is 117 Å². The predicted octanol–water partition coefficient (Wildman–Crippen LogP) is -1.37. The van der Waals surface area contributed by atoms with Crippen LogP contribution in [0.3, 0.4) is 0 Å². The molecule has 0 aliphatic carbocycles. The van der Waals surface area contributed by atoms with Crippen LogP contribution >= 0.6 is 12.6 Å². The smallest absolute Gasteiger partial charge is 0.320 e. The van der Waals surface area contributed by atoms with Crippen LogP contribution in [0.15, 0.2) is 0 Å². The minimum atomic E-state index is -1.15. The number of hydrogen-bond acceptors (Lipinski definition) is 6. The van der Waals surface area contributed by atoms with Gasteiger partial charge in [-0.2, -0.15) is 12.6 Å². The van der Waals surface area contributed by atoms with E-state index in [2.05, 4.69) is 23.3 Å². The van der Waals surface area contributed by atoms with Crippen molar-refractivity contribution in [3.8, 4) is 0 Å². The Kier molecular flexibility index (Phi) is 9.19. The van der Waals surface area contributed by atoms with Crippen LogP contribution in [0.5, 0.6) is 0 Å². The van der Waals surface area contributed by atoms with Gasteiger partial charge in [0, 0.05) is 24.8 Å². The second-order valence-electron chi connectivity index (χ2n) is 4.11. The van der Waals surface area contributed by atoms with Gasteiger partial charge in [-0.1, -0.05) is 0 Å². The zero-order valence-electron chi connectivity index (χ0n) is 10.8. The molecule has 3 atom stereocenters. The van der Waals surface area contributed by atoms with Crippen molar-refractivity contribution in [2.75, 3.05) is 18.8 Å². The number of thiol groups is 1. The van der Waals surface area contributed by atoms with Crippen LogP contribution in [0.1, 0.15) is 13.3 Å². The number of hydrogen-bond donors (Lipinski definition) is 5. The highest BCUT2D eigenvalue weighted by molar-refractivity contribution is 7.80. The summed E-state index contributed by atoms with van der Waals surface area (Å²) in [5.41, 5.74) is 5.36. The lowest BCUT2D eigenvalue weighted by Gasteiger charge is -2.19. The standard InChI is InChI=1S/C11H21N3O4S/c1-2-13-10(16)9(6-19)14-4-7(5-15)3-8(12)11(17)18/h5,7-9,14,19H,2-4,6,12H2,1H3,(H,13,16)(H,17,18). The van der Waals surface area contributed by atoms with Gasteiger partial charge in [-0.05, 0) is 13.3 Å². The summed E-state index contributed by atoms with van der Waals surface area (Å²) in [6.07, 6.45) is 0.670. The summed E-state index contributed by atoms with van der Waals surface area (Å²) in [5, 5.41) is 14.2. The molecule has 0 aliphatic rings. The summed E-state index contributed by atoms with van der Waals surface area (Å²) in [6, 6.07) is -1.61. The first-order chi connectivity index (χ1) is 8.96. The Hall–Kier alpha value is -1.12. The second-order valence-corrected chi connectivity index (χ2v) is 4.48. The molecule has 110 valence electrons. The Morgan fingerprint density at radius 2 is 2.11 bits per heavy atom. The molecule has 5 N–H and O–H groups in total.